The van der Waals surface area contributed by atoms with Crippen LogP contribution in [0, 0.1) is 0 Å². The Hall–Kier alpha value is -1.95. The van der Waals surface area contributed by atoms with Crippen LogP contribution in [0.4, 0.5) is 0 Å². The molecular weight excluding hydrogens is 218 g/mol. The molecule has 6 nitrogen and oxygen atoms in total. The first kappa shape index (κ1) is 10.2. The molecule has 0 aromatic carbocycles. The fourth-order valence-electron chi connectivity index (χ4n) is 1.70. The molecule has 6 heteroatoms. The fourth-order valence-corrected chi connectivity index (χ4v) is 1.70. The lowest BCUT2D eigenvalue weighted by Gasteiger charge is -2.26. The highest BCUT2D eigenvalue weighted by Crippen LogP contribution is 2.19. The summed E-state index contributed by atoms with van der Waals surface area (Å²) in [5, 5.41) is 11.5. The zero-order valence-corrected chi connectivity index (χ0v) is 9.50. The van der Waals surface area contributed by atoms with Gasteiger partial charge in [0.25, 0.3) is 0 Å². The third-order valence-electron chi connectivity index (χ3n) is 2.84. The van der Waals surface area contributed by atoms with Crippen LogP contribution in [0.1, 0.15) is 6.04 Å². The molecule has 88 valence electrons. The molecule has 17 heavy (non-hydrogen) atoms. The van der Waals surface area contributed by atoms with Crippen LogP contribution in [0.3, 0.4) is 0 Å². The van der Waals surface area contributed by atoms with Crippen molar-refractivity contribution in [2.75, 3.05) is 20.2 Å². The summed E-state index contributed by atoms with van der Waals surface area (Å²) in [6, 6.07) is 6.02. The lowest BCUT2D eigenvalue weighted by Crippen LogP contribution is -2.43. The van der Waals surface area contributed by atoms with Crippen LogP contribution in [-0.2, 0) is 0 Å². The summed E-state index contributed by atoms with van der Waals surface area (Å²) in [5.41, 5.74) is 1.55. The normalized spacial score (nSPS) is 15.6. The SMILES string of the molecule is COc1cccc(-c2cn(C3CNC3)nn2)n1. The van der Waals surface area contributed by atoms with Crippen molar-refractivity contribution in [3.8, 4) is 17.3 Å². The third kappa shape index (κ3) is 1.87. The van der Waals surface area contributed by atoms with Crippen LogP contribution in [0.15, 0.2) is 24.4 Å². The van der Waals surface area contributed by atoms with E-state index in [4.69, 9.17) is 4.74 Å². The number of hydrogen-bond acceptors (Lipinski definition) is 5. The number of pyridine rings is 1. The van der Waals surface area contributed by atoms with E-state index >= 15 is 0 Å². The van der Waals surface area contributed by atoms with Gasteiger partial charge in [-0.15, -0.1) is 5.10 Å². The Balaban J connectivity index is 1.89. The number of methoxy groups -OCH3 is 1. The largest absolute Gasteiger partial charge is 0.481 e. The van der Waals surface area contributed by atoms with Crippen LogP contribution < -0.4 is 10.1 Å². The van der Waals surface area contributed by atoms with Gasteiger partial charge in [0.15, 0.2) is 0 Å². The van der Waals surface area contributed by atoms with Gasteiger partial charge >= 0.3 is 0 Å². The molecule has 0 aliphatic carbocycles. The summed E-state index contributed by atoms with van der Waals surface area (Å²) < 4.78 is 6.97. The van der Waals surface area contributed by atoms with E-state index in [1.54, 1.807) is 7.11 Å². The van der Waals surface area contributed by atoms with E-state index in [0.29, 0.717) is 11.9 Å². The number of nitrogens with zero attached hydrogens (tertiary/aromatic N) is 4. The molecule has 3 heterocycles. The molecule has 0 saturated carbocycles. The molecule has 0 unspecified atom stereocenters. The molecule has 2 aromatic rings. The summed E-state index contributed by atoms with van der Waals surface area (Å²) in [7, 11) is 1.60. The lowest BCUT2D eigenvalue weighted by molar-refractivity contribution is 0.313. The molecule has 0 atom stereocenters. The van der Waals surface area contributed by atoms with E-state index in [9.17, 15) is 0 Å². The molecular formula is C11H13N5O. The first-order valence-electron chi connectivity index (χ1n) is 5.51. The average Bonchev–Trinajstić information content (AvgIpc) is 2.76. The van der Waals surface area contributed by atoms with Gasteiger partial charge in [-0.05, 0) is 6.07 Å². The van der Waals surface area contributed by atoms with Crippen LogP contribution in [0.25, 0.3) is 11.4 Å². The van der Waals surface area contributed by atoms with Gasteiger partial charge in [-0.25, -0.2) is 9.67 Å². The second-order valence-electron chi connectivity index (χ2n) is 3.96. The van der Waals surface area contributed by atoms with Crippen molar-refractivity contribution in [3.63, 3.8) is 0 Å². The maximum absolute atomic E-state index is 5.09. The van der Waals surface area contributed by atoms with E-state index in [1.165, 1.54) is 0 Å². The molecule has 0 amide bonds. The molecule has 3 rings (SSSR count). The molecule has 1 saturated heterocycles. The van der Waals surface area contributed by atoms with Crippen molar-refractivity contribution in [2.45, 2.75) is 6.04 Å². The number of hydrogen-bond donors (Lipinski definition) is 1. The minimum atomic E-state index is 0.418. The van der Waals surface area contributed by atoms with Crippen LogP contribution >= 0.6 is 0 Å². The first-order valence-corrected chi connectivity index (χ1v) is 5.51. The average molecular weight is 231 g/mol. The summed E-state index contributed by atoms with van der Waals surface area (Å²) in [6.45, 7) is 1.91. The fraction of sp³-hybridized carbons (Fsp3) is 0.364. The Morgan fingerprint density at radius 1 is 1.35 bits per heavy atom. The summed E-state index contributed by atoms with van der Waals surface area (Å²) >= 11 is 0. The highest BCUT2D eigenvalue weighted by molar-refractivity contribution is 5.52. The molecule has 1 aliphatic heterocycles. The molecule has 1 N–H and O–H groups in total. The summed E-state index contributed by atoms with van der Waals surface area (Å²) in [5.74, 6) is 0.586. The zero-order chi connectivity index (χ0) is 11.7. The minimum Gasteiger partial charge on any atom is -0.481 e. The predicted octanol–water partition coefficient (Wildman–Crippen LogP) is 0.493. The highest BCUT2D eigenvalue weighted by Gasteiger charge is 2.20. The van der Waals surface area contributed by atoms with E-state index < -0.39 is 0 Å². The molecule has 1 aliphatic rings. The quantitative estimate of drug-likeness (QED) is 0.833. The number of aromatic nitrogens is 4. The molecule has 2 aromatic heterocycles. The number of nitrogens with one attached hydrogen (secondary N) is 1. The van der Waals surface area contributed by atoms with Gasteiger partial charge in [0.2, 0.25) is 5.88 Å². The summed E-state index contributed by atoms with van der Waals surface area (Å²) in [6.07, 6.45) is 1.92. The first-order chi connectivity index (χ1) is 8.36. The Morgan fingerprint density at radius 3 is 2.94 bits per heavy atom. The Kier molecular flexibility index (Phi) is 2.49. The standard InChI is InChI=1S/C11H13N5O/c1-17-11-4-2-3-9(13-11)10-7-16(15-14-10)8-5-12-6-8/h2-4,7-8,12H,5-6H2,1H3. The van der Waals surface area contributed by atoms with Gasteiger partial charge in [0.05, 0.1) is 25.0 Å². The van der Waals surface area contributed by atoms with E-state index in [2.05, 4.69) is 20.6 Å². The molecule has 0 bridgehead atoms. The van der Waals surface area contributed by atoms with Crippen molar-refractivity contribution in [2.24, 2.45) is 0 Å². The lowest BCUT2D eigenvalue weighted by atomic mass is 10.2. The van der Waals surface area contributed by atoms with Gasteiger partial charge in [-0.1, -0.05) is 11.3 Å². The van der Waals surface area contributed by atoms with Gasteiger partial charge in [-0.3, -0.25) is 0 Å². The topological polar surface area (TPSA) is 64.9 Å². The second-order valence-corrected chi connectivity index (χ2v) is 3.96. The van der Waals surface area contributed by atoms with E-state index in [-0.39, 0.29) is 0 Å². The highest BCUT2D eigenvalue weighted by atomic mass is 16.5. The summed E-state index contributed by atoms with van der Waals surface area (Å²) in [4.78, 5) is 4.32. The van der Waals surface area contributed by atoms with Crippen molar-refractivity contribution >= 4 is 0 Å². The van der Waals surface area contributed by atoms with Crippen LogP contribution in [0.5, 0.6) is 5.88 Å². The molecule has 0 spiro atoms. The Bertz CT molecular complexity index is 520. The van der Waals surface area contributed by atoms with E-state index in [0.717, 1.165) is 24.5 Å². The third-order valence-corrected chi connectivity index (χ3v) is 2.84. The monoisotopic (exact) mass is 231 g/mol. The Labute approximate surface area is 98.6 Å². The van der Waals surface area contributed by atoms with E-state index in [1.807, 2.05) is 29.1 Å². The maximum atomic E-state index is 5.09. The second kappa shape index (κ2) is 4.14. The van der Waals surface area contributed by atoms with Gasteiger partial charge < -0.3 is 10.1 Å². The van der Waals surface area contributed by atoms with Crippen molar-refractivity contribution < 1.29 is 4.74 Å². The van der Waals surface area contributed by atoms with Crippen molar-refractivity contribution in [1.29, 1.82) is 0 Å². The van der Waals surface area contributed by atoms with Crippen molar-refractivity contribution in [3.05, 3.63) is 24.4 Å². The van der Waals surface area contributed by atoms with Crippen LogP contribution in [-0.4, -0.2) is 40.2 Å². The van der Waals surface area contributed by atoms with Crippen LogP contribution in [0.2, 0.25) is 0 Å². The van der Waals surface area contributed by atoms with Gasteiger partial charge in [0, 0.05) is 19.2 Å². The minimum absolute atomic E-state index is 0.418. The molecule has 0 radical (unpaired) electrons. The Morgan fingerprint density at radius 2 is 2.24 bits per heavy atom. The van der Waals surface area contributed by atoms with Gasteiger partial charge in [0.1, 0.15) is 5.69 Å². The number of rotatable bonds is 3. The molecule has 1 fully saturated rings. The zero-order valence-electron chi connectivity index (χ0n) is 9.50. The van der Waals surface area contributed by atoms with Crippen molar-refractivity contribution in [1.82, 2.24) is 25.3 Å². The number of ether oxygens (including phenoxy) is 1. The van der Waals surface area contributed by atoms with Gasteiger partial charge in [-0.2, -0.15) is 0 Å². The maximum Gasteiger partial charge on any atom is 0.213 e. The smallest absolute Gasteiger partial charge is 0.213 e. The predicted molar refractivity (Wildman–Crippen MR) is 61.7 cm³/mol.